The summed E-state index contributed by atoms with van der Waals surface area (Å²) in [5.74, 6) is 1.53. The molecule has 0 aliphatic heterocycles. The second-order valence-electron chi connectivity index (χ2n) is 5.62. The lowest BCUT2D eigenvalue weighted by Crippen LogP contribution is -2.38. The Kier molecular flexibility index (Phi) is 4.80. The molecule has 0 aromatic carbocycles. The molecular weight excluding hydrogens is 246 g/mol. The Morgan fingerprint density at radius 1 is 1.37 bits per heavy atom. The topological polar surface area (TPSA) is 58.8 Å². The highest BCUT2D eigenvalue weighted by Crippen LogP contribution is 2.12. The summed E-state index contributed by atoms with van der Waals surface area (Å²) in [6.45, 7) is 8.60. The lowest BCUT2D eigenvalue weighted by Gasteiger charge is -2.26. The van der Waals surface area contributed by atoms with Crippen molar-refractivity contribution in [2.45, 2.75) is 33.3 Å². The van der Waals surface area contributed by atoms with E-state index in [2.05, 4.69) is 5.16 Å². The minimum Gasteiger partial charge on any atom is -0.444 e. The van der Waals surface area contributed by atoms with Gasteiger partial charge in [-0.05, 0) is 27.7 Å². The first-order valence-corrected chi connectivity index (χ1v) is 6.27. The predicted molar refractivity (Wildman–Crippen MR) is 73.4 cm³/mol. The van der Waals surface area contributed by atoms with Gasteiger partial charge in [0.25, 0.3) is 0 Å². The van der Waals surface area contributed by atoms with Crippen LogP contribution in [0.4, 0.5) is 10.6 Å². The predicted octanol–water partition coefficient (Wildman–Crippen LogP) is 2.29. The third-order valence-electron chi connectivity index (χ3n) is 2.48. The molecule has 1 heterocycles. The Bertz CT molecular complexity index is 423. The van der Waals surface area contributed by atoms with Gasteiger partial charge in [0.1, 0.15) is 11.4 Å². The van der Waals surface area contributed by atoms with E-state index in [-0.39, 0.29) is 6.09 Å². The molecule has 0 N–H and O–H groups in total. The largest absolute Gasteiger partial charge is 0.444 e. The van der Waals surface area contributed by atoms with Crippen molar-refractivity contribution in [2.75, 3.05) is 32.1 Å². The molecule has 1 amide bonds. The van der Waals surface area contributed by atoms with Gasteiger partial charge in [-0.15, -0.1) is 0 Å². The number of carbonyl (C=O) groups is 1. The summed E-state index contributed by atoms with van der Waals surface area (Å²) in [5.41, 5.74) is -0.472. The van der Waals surface area contributed by atoms with E-state index < -0.39 is 5.60 Å². The van der Waals surface area contributed by atoms with E-state index in [1.165, 1.54) is 0 Å². The first-order chi connectivity index (χ1) is 8.69. The molecule has 108 valence electrons. The number of ether oxygens (including phenoxy) is 1. The lowest BCUT2D eigenvalue weighted by atomic mass is 10.2. The van der Waals surface area contributed by atoms with Gasteiger partial charge in [0.15, 0.2) is 5.82 Å². The van der Waals surface area contributed by atoms with Gasteiger partial charge >= 0.3 is 6.09 Å². The third kappa shape index (κ3) is 5.19. The number of hydrogen-bond acceptors (Lipinski definition) is 5. The molecule has 0 atom stereocenters. The van der Waals surface area contributed by atoms with Crippen LogP contribution in [0.1, 0.15) is 26.5 Å². The van der Waals surface area contributed by atoms with Crippen LogP contribution in [0.5, 0.6) is 0 Å². The van der Waals surface area contributed by atoms with Crippen LogP contribution in [0.15, 0.2) is 10.6 Å². The average Bonchev–Trinajstić information content (AvgIpc) is 2.69. The molecular formula is C13H23N3O3. The maximum absolute atomic E-state index is 11.8. The van der Waals surface area contributed by atoms with Gasteiger partial charge in [0.2, 0.25) is 0 Å². The van der Waals surface area contributed by atoms with E-state index in [0.29, 0.717) is 13.1 Å². The van der Waals surface area contributed by atoms with Gasteiger partial charge < -0.3 is 19.1 Å². The number of rotatable bonds is 4. The Balaban J connectivity index is 2.41. The van der Waals surface area contributed by atoms with Crippen LogP contribution in [-0.4, -0.2) is 48.9 Å². The molecule has 6 heteroatoms. The van der Waals surface area contributed by atoms with Crippen molar-refractivity contribution < 1.29 is 14.1 Å². The molecule has 0 fully saturated rings. The van der Waals surface area contributed by atoms with Crippen molar-refractivity contribution >= 4 is 11.9 Å². The molecule has 0 saturated heterocycles. The van der Waals surface area contributed by atoms with E-state index in [1.807, 2.05) is 45.7 Å². The van der Waals surface area contributed by atoms with Crippen molar-refractivity contribution in [1.82, 2.24) is 10.1 Å². The van der Waals surface area contributed by atoms with E-state index in [0.717, 1.165) is 11.6 Å². The maximum Gasteiger partial charge on any atom is 0.410 e. The SMILES string of the molecule is Cc1cc(N(C)CCN(C)C(=O)OC(C)(C)C)no1. The van der Waals surface area contributed by atoms with Crippen LogP contribution in [0, 0.1) is 6.92 Å². The molecule has 0 radical (unpaired) electrons. The summed E-state index contributed by atoms with van der Waals surface area (Å²) in [4.78, 5) is 15.2. The van der Waals surface area contributed by atoms with Crippen molar-refractivity contribution in [3.63, 3.8) is 0 Å². The Morgan fingerprint density at radius 2 is 2.00 bits per heavy atom. The first-order valence-electron chi connectivity index (χ1n) is 6.27. The first kappa shape index (κ1) is 15.3. The molecule has 1 aromatic rings. The Labute approximate surface area is 114 Å². The quantitative estimate of drug-likeness (QED) is 0.839. The molecule has 0 aliphatic rings. The number of amides is 1. The summed E-state index contributed by atoms with van der Waals surface area (Å²) in [6.07, 6.45) is -0.322. The van der Waals surface area contributed by atoms with Crippen LogP contribution in [0.25, 0.3) is 0 Å². The fourth-order valence-corrected chi connectivity index (χ4v) is 1.38. The van der Waals surface area contributed by atoms with Crippen LogP contribution >= 0.6 is 0 Å². The molecule has 0 spiro atoms. The van der Waals surface area contributed by atoms with Gasteiger partial charge in [0, 0.05) is 33.3 Å². The fraction of sp³-hybridized carbons (Fsp3) is 0.692. The number of aromatic nitrogens is 1. The van der Waals surface area contributed by atoms with Crippen molar-refractivity contribution in [2.24, 2.45) is 0 Å². The minimum atomic E-state index is -0.472. The molecule has 0 aliphatic carbocycles. The molecule has 19 heavy (non-hydrogen) atoms. The van der Waals surface area contributed by atoms with Gasteiger partial charge in [-0.25, -0.2) is 4.79 Å². The molecule has 0 bridgehead atoms. The molecule has 0 saturated carbocycles. The van der Waals surface area contributed by atoms with Gasteiger partial charge in [-0.1, -0.05) is 5.16 Å². The van der Waals surface area contributed by atoms with Crippen LogP contribution < -0.4 is 4.90 Å². The maximum atomic E-state index is 11.8. The summed E-state index contributed by atoms with van der Waals surface area (Å²) < 4.78 is 10.3. The normalized spacial score (nSPS) is 11.3. The van der Waals surface area contributed by atoms with Crippen molar-refractivity contribution in [3.05, 3.63) is 11.8 Å². The third-order valence-corrected chi connectivity index (χ3v) is 2.48. The number of carbonyl (C=O) groups excluding carboxylic acids is 1. The second-order valence-corrected chi connectivity index (χ2v) is 5.62. The molecule has 6 nitrogen and oxygen atoms in total. The van der Waals surface area contributed by atoms with E-state index in [4.69, 9.17) is 9.26 Å². The summed E-state index contributed by atoms with van der Waals surface area (Å²) in [7, 11) is 3.62. The molecule has 0 unspecified atom stereocenters. The average molecular weight is 269 g/mol. The van der Waals surface area contributed by atoms with Crippen LogP contribution in [-0.2, 0) is 4.74 Å². The van der Waals surface area contributed by atoms with E-state index in [1.54, 1.807) is 11.9 Å². The van der Waals surface area contributed by atoms with Crippen LogP contribution in [0.3, 0.4) is 0 Å². The zero-order chi connectivity index (χ0) is 14.6. The molecule has 1 aromatic heterocycles. The highest BCUT2D eigenvalue weighted by molar-refractivity contribution is 5.67. The second kappa shape index (κ2) is 5.95. The number of anilines is 1. The zero-order valence-corrected chi connectivity index (χ0v) is 12.6. The smallest absolute Gasteiger partial charge is 0.410 e. The Hall–Kier alpha value is -1.72. The van der Waals surface area contributed by atoms with Gasteiger partial charge in [-0.2, -0.15) is 0 Å². The van der Waals surface area contributed by atoms with Crippen molar-refractivity contribution in [3.8, 4) is 0 Å². The van der Waals surface area contributed by atoms with Crippen LogP contribution in [0.2, 0.25) is 0 Å². The summed E-state index contributed by atoms with van der Waals surface area (Å²) in [6, 6.07) is 1.85. The standard InChI is InChI=1S/C13H23N3O3/c1-10-9-11(14-19-10)15(5)7-8-16(6)12(17)18-13(2,3)4/h9H,7-8H2,1-6H3. The summed E-state index contributed by atoms with van der Waals surface area (Å²) in [5, 5.41) is 3.91. The monoisotopic (exact) mass is 269 g/mol. The lowest BCUT2D eigenvalue weighted by molar-refractivity contribution is 0.0303. The zero-order valence-electron chi connectivity index (χ0n) is 12.6. The van der Waals surface area contributed by atoms with E-state index >= 15 is 0 Å². The highest BCUT2D eigenvalue weighted by Gasteiger charge is 2.19. The number of nitrogens with zero attached hydrogens (tertiary/aromatic N) is 3. The Morgan fingerprint density at radius 3 is 2.47 bits per heavy atom. The fourth-order valence-electron chi connectivity index (χ4n) is 1.38. The highest BCUT2D eigenvalue weighted by atomic mass is 16.6. The van der Waals surface area contributed by atoms with Crippen molar-refractivity contribution in [1.29, 1.82) is 0 Å². The van der Waals surface area contributed by atoms with Gasteiger partial charge in [0.05, 0.1) is 0 Å². The number of hydrogen-bond donors (Lipinski definition) is 0. The minimum absolute atomic E-state index is 0.322. The van der Waals surface area contributed by atoms with Gasteiger partial charge in [-0.3, -0.25) is 0 Å². The number of aryl methyl sites for hydroxylation is 1. The van der Waals surface area contributed by atoms with E-state index in [9.17, 15) is 4.79 Å². The molecule has 1 rings (SSSR count). The number of likely N-dealkylation sites (N-methyl/N-ethyl adjacent to an activating group) is 2. The summed E-state index contributed by atoms with van der Waals surface area (Å²) >= 11 is 0.